The standard InChI is InChI=1S/C17H12BrNOS/c18-16-11-10-15(21-16)17(20)19-14-8-6-13(7-9-14)12-4-2-1-3-5-12/h1-11H,(H,19,20). The van der Waals surface area contributed by atoms with E-state index in [1.165, 1.54) is 11.3 Å². The predicted molar refractivity (Wildman–Crippen MR) is 91.9 cm³/mol. The number of amides is 1. The Bertz CT molecular complexity index is 750. The average molecular weight is 358 g/mol. The summed E-state index contributed by atoms with van der Waals surface area (Å²) in [5.41, 5.74) is 3.09. The van der Waals surface area contributed by atoms with Crippen LogP contribution in [0.15, 0.2) is 70.5 Å². The number of thiophene rings is 1. The van der Waals surface area contributed by atoms with Gasteiger partial charge in [-0.25, -0.2) is 0 Å². The Hall–Kier alpha value is -1.91. The molecule has 0 spiro atoms. The molecular weight excluding hydrogens is 346 g/mol. The maximum absolute atomic E-state index is 12.1. The highest BCUT2D eigenvalue weighted by Gasteiger charge is 2.08. The maximum atomic E-state index is 12.1. The van der Waals surface area contributed by atoms with E-state index in [1.807, 2.05) is 54.6 Å². The van der Waals surface area contributed by atoms with Crippen molar-refractivity contribution in [3.8, 4) is 11.1 Å². The predicted octanol–water partition coefficient (Wildman–Crippen LogP) is 5.43. The van der Waals surface area contributed by atoms with Gasteiger partial charge in [0.1, 0.15) is 0 Å². The molecule has 0 unspecified atom stereocenters. The Morgan fingerprint density at radius 1 is 0.857 bits per heavy atom. The molecule has 1 N–H and O–H groups in total. The largest absolute Gasteiger partial charge is 0.321 e. The van der Waals surface area contributed by atoms with Gasteiger partial charge in [-0.3, -0.25) is 4.79 Å². The molecule has 1 heterocycles. The molecule has 0 saturated carbocycles. The zero-order chi connectivity index (χ0) is 14.7. The molecule has 2 aromatic carbocycles. The van der Waals surface area contributed by atoms with Crippen molar-refractivity contribution in [2.24, 2.45) is 0 Å². The van der Waals surface area contributed by atoms with Crippen molar-refractivity contribution in [3.63, 3.8) is 0 Å². The van der Waals surface area contributed by atoms with E-state index < -0.39 is 0 Å². The smallest absolute Gasteiger partial charge is 0.265 e. The van der Waals surface area contributed by atoms with Crippen LogP contribution in [0.3, 0.4) is 0 Å². The normalized spacial score (nSPS) is 10.3. The fraction of sp³-hybridized carbons (Fsp3) is 0. The van der Waals surface area contributed by atoms with E-state index in [0.29, 0.717) is 4.88 Å². The highest BCUT2D eigenvalue weighted by atomic mass is 79.9. The minimum absolute atomic E-state index is 0.0850. The van der Waals surface area contributed by atoms with Crippen LogP contribution in [0.4, 0.5) is 5.69 Å². The van der Waals surface area contributed by atoms with Crippen LogP contribution in [0.2, 0.25) is 0 Å². The van der Waals surface area contributed by atoms with Gasteiger partial charge < -0.3 is 5.32 Å². The molecular formula is C17H12BrNOS. The van der Waals surface area contributed by atoms with Crippen LogP contribution in [0.25, 0.3) is 11.1 Å². The van der Waals surface area contributed by atoms with Crippen LogP contribution in [-0.2, 0) is 0 Å². The van der Waals surface area contributed by atoms with Crippen molar-refractivity contribution in [1.82, 2.24) is 0 Å². The molecule has 0 atom stereocenters. The first kappa shape index (κ1) is 14.0. The lowest BCUT2D eigenvalue weighted by Gasteiger charge is -2.06. The van der Waals surface area contributed by atoms with E-state index in [0.717, 1.165) is 20.6 Å². The van der Waals surface area contributed by atoms with Crippen LogP contribution < -0.4 is 5.32 Å². The summed E-state index contributed by atoms with van der Waals surface area (Å²) in [6.45, 7) is 0. The van der Waals surface area contributed by atoms with Crippen molar-refractivity contribution in [2.75, 3.05) is 5.32 Å². The summed E-state index contributed by atoms with van der Waals surface area (Å²) in [7, 11) is 0. The Balaban J connectivity index is 1.74. The zero-order valence-corrected chi connectivity index (χ0v) is 13.4. The summed E-state index contributed by atoms with van der Waals surface area (Å²) in [5, 5.41) is 2.90. The van der Waals surface area contributed by atoms with Crippen LogP contribution in [0, 0.1) is 0 Å². The molecule has 0 fully saturated rings. The summed E-state index contributed by atoms with van der Waals surface area (Å²) in [6.07, 6.45) is 0. The van der Waals surface area contributed by atoms with Gasteiger partial charge in [-0.05, 0) is 51.3 Å². The summed E-state index contributed by atoms with van der Waals surface area (Å²) in [5.74, 6) is -0.0850. The number of halogens is 1. The number of carbonyl (C=O) groups is 1. The summed E-state index contributed by atoms with van der Waals surface area (Å²) >= 11 is 4.78. The highest BCUT2D eigenvalue weighted by molar-refractivity contribution is 9.11. The van der Waals surface area contributed by atoms with Gasteiger partial charge in [0.05, 0.1) is 8.66 Å². The molecule has 0 aliphatic carbocycles. The van der Waals surface area contributed by atoms with Gasteiger partial charge in [0.25, 0.3) is 5.91 Å². The Morgan fingerprint density at radius 2 is 1.52 bits per heavy atom. The highest BCUT2D eigenvalue weighted by Crippen LogP contribution is 2.24. The molecule has 0 saturated heterocycles. The first-order chi connectivity index (χ1) is 10.2. The van der Waals surface area contributed by atoms with Gasteiger partial charge in [0, 0.05) is 5.69 Å². The third-order valence-electron chi connectivity index (χ3n) is 3.05. The van der Waals surface area contributed by atoms with Gasteiger partial charge in [-0.15, -0.1) is 11.3 Å². The van der Waals surface area contributed by atoms with Crippen LogP contribution in [0.5, 0.6) is 0 Å². The minimum atomic E-state index is -0.0850. The first-order valence-electron chi connectivity index (χ1n) is 6.44. The van der Waals surface area contributed by atoms with Crippen molar-refractivity contribution in [3.05, 3.63) is 75.4 Å². The van der Waals surface area contributed by atoms with Crippen molar-refractivity contribution in [1.29, 1.82) is 0 Å². The molecule has 1 aromatic heterocycles. The van der Waals surface area contributed by atoms with Gasteiger partial charge in [-0.1, -0.05) is 42.5 Å². The molecule has 21 heavy (non-hydrogen) atoms. The fourth-order valence-corrected chi connectivity index (χ4v) is 3.29. The maximum Gasteiger partial charge on any atom is 0.265 e. The van der Waals surface area contributed by atoms with Crippen molar-refractivity contribution in [2.45, 2.75) is 0 Å². The third-order valence-corrected chi connectivity index (χ3v) is 4.67. The van der Waals surface area contributed by atoms with Gasteiger partial charge >= 0.3 is 0 Å². The second-order valence-corrected chi connectivity index (χ2v) is 6.96. The molecule has 104 valence electrons. The van der Waals surface area contributed by atoms with E-state index in [4.69, 9.17) is 0 Å². The number of anilines is 1. The Morgan fingerprint density at radius 3 is 2.14 bits per heavy atom. The van der Waals surface area contributed by atoms with Crippen LogP contribution in [0.1, 0.15) is 9.67 Å². The summed E-state index contributed by atoms with van der Waals surface area (Å²) in [4.78, 5) is 12.7. The van der Waals surface area contributed by atoms with Gasteiger partial charge in [0.15, 0.2) is 0 Å². The van der Waals surface area contributed by atoms with Gasteiger partial charge in [-0.2, -0.15) is 0 Å². The van der Waals surface area contributed by atoms with Crippen molar-refractivity contribution < 1.29 is 4.79 Å². The number of nitrogens with one attached hydrogen (secondary N) is 1. The molecule has 1 amide bonds. The quantitative estimate of drug-likeness (QED) is 0.665. The Kier molecular flexibility index (Phi) is 4.18. The second kappa shape index (κ2) is 6.24. The van der Waals surface area contributed by atoms with E-state index >= 15 is 0 Å². The molecule has 4 heteroatoms. The lowest BCUT2D eigenvalue weighted by atomic mass is 10.1. The molecule has 3 aromatic rings. The second-order valence-electron chi connectivity index (χ2n) is 4.50. The van der Waals surface area contributed by atoms with Gasteiger partial charge in [0.2, 0.25) is 0 Å². The van der Waals surface area contributed by atoms with Crippen molar-refractivity contribution >= 4 is 38.9 Å². The number of hydrogen-bond donors (Lipinski definition) is 1. The topological polar surface area (TPSA) is 29.1 Å². The summed E-state index contributed by atoms with van der Waals surface area (Å²) < 4.78 is 0.951. The van der Waals surface area contributed by atoms with E-state index in [-0.39, 0.29) is 5.91 Å². The molecule has 0 aliphatic rings. The lowest BCUT2D eigenvalue weighted by molar-refractivity contribution is 0.103. The first-order valence-corrected chi connectivity index (χ1v) is 8.05. The number of rotatable bonds is 3. The molecule has 0 bridgehead atoms. The van der Waals surface area contributed by atoms with Crippen LogP contribution in [-0.4, -0.2) is 5.91 Å². The SMILES string of the molecule is O=C(Nc1ccc(-c2ccccc2)cc1)c1ccc(Br)s1. The number of hydrogen-bond acceptors (Lipinski definition) is 2. The molecule has 0 aliphatic heterocycles. The molecule has 2 nitrogen and oxygen atoms in total. The number of carbonyl (C=O) groups excluding carboxylic acids is 1. The monoisotopic (exact) mass is 357 g/mol. The third kappa shape index (κ3) is 3.40. The molecule has 3 rings (SSSR count). The summed E-state index contributed by atoms with van der Waals surface area (Å²) in [6, 6.07) is 21.7. The van der Waals surface area contributed by atoms with E-state index in [2.05, 4.69) is 33.4 Å². The number of benzene rings is 2. The minimum Gasteiger partial charge on any atom is -0.321 e. The fourth-order valence-electron chi connectivity index (χ4n) is 2.01. The average Bonchev–Trinajstić information content (AvgIpc) is 2.96. The van der Waals surface area contributed by atoms with Crippen LogP contribution >= 0.6 is 27.3 Å². The lowest BCUT2D eigenvalue weighted by Crippen LogP contribution is -2.09. The zero-order valence-electron chi connectivity index (χ0n) is 11.0. The van der Waals surface area contributed by atoms with E-state index in [9.17, 15) is 4.79 Å². The Labute approximate surface area is 135 Å². The molecule has 0 radical (unpaired) electrons. The van der Waals surface area contributed by atoms with E-state index in [1.54, 1.807) is 0 Å².